The van der Waals surface area contributed by atoms with Gasteiger partial charge in [0.1, 0.15) is 5.82 Å². The monoisotopic (exact) mass is 328 g/mol. The molecule has 3 heterocycles. The molecule has 1 aliphatic heterocycles. The molecule has 1 aliphatic rings. The molecule has 128 valence electrons. The molecule has 3 rings (SSSR count). The van der Waals surface area contributed by atoms with Crippen molar-refractivity contribution in [3.63, 3.8) is 0 Å². The molecule has 0 bridgehead atoms. The van der Waals surface area contributed by atoms with Crippen molar-refractivity contribution in [2.24, 2.45) is 0 Å². The Bertz CT molecular complexity index is 652. The average Bonchev–Trinajstić information content (AvgIpc) is 2.62. The van der Waals surface area contributed by atoms with Crippen LogP contribution in [0, 0.1) is 0 Å². The summed E-state index contributed by atoms with van der Waals surface area (Å²) >= 11 is 0. The third-order valence-corrected chi connectivity index (χ3v) is 4.02. The number of pyridine rings is 1. The van der Waals surface area contributed by atoms with Crippen LogP contribution in [0.4, 0.5) is 11.8 Å². The summed E-state index contributed by atoms with van der Waals surface area (Å²) in [5.41, 5.74) is 1.23. The van der Waals surface area contributed by atoms with Crippen LogP contribution in [0.25, 0.3) is 0 Å². The Morgan fingerprint density at radius 2 is 1.79 bits per heavy atom. The summed E-state index contributed by atoms with van der Waals surface area (Å²) in [5.74, 6) is 2.35. The first-order chi connectivity index (χ1) is 11.7. The lowest BCUT2D eigenvalue weighted by molar-refractivity contribution is 0.396. The molecule has 0 saturated carbocycles. The number of rotatable bonds is 5. The van der Waals surface area contributed by atoms with E-state index in [1.165, 1.54) is 5.56 Å². The summed E-state index contributed by atoms with van der Waals surface area (Å²) in [5, 5.41) is 0. The Kier molecular flexibility index (Phi) is 5.10. The van der Waals surface area contributed by atoms with E-state index in [0.717, 1.165) is 44.5 Å². The second-order valence-electron chi connectivity index (χ2n) is 6.14. The first kappa shape index (κ1) is 16.4. The van der Waals surface area contributed by atoms with E-state index in [2.05, 4.69) is 55.9 Å². The number of methoxy groups -OCH3 is 1. The van der Waals surface area contributed by atoms with Crippen LogP contribution < -0.4 is 14.5 Å². The van der Waals surface area contributed by atoms with E-state index in [1.807, 2.05) is 6.20 Å². The smallest absolute Gasteiger partial charge is 0.228 e. The maximum Gasteiger partial charge on any atom is 0.228 e. The lowest BCUT2D eigenvalue weighted by Gasteiger charge is -2.35. The molecule has 0 N–H and O–H groups in total. The SMILES string of the molecule is COc1ccnc(N2CCN(c3ccc(CN(C)C)cn3)CC2)n1. The first-order valence-corrected chi connectivity index (χ1v) is 8.12. The zero-order valence-electron chi connectivity index (χ0n) is 14.5. The molecule has 0 atom stereocenters. The van der Waals surface area contributed by atoms with Crippen molar-refractivity contribution in [3.05, 3.63) is 36.2 Å². The number of hydrogen-bond acceptors (Lipinski definition) is 7. The molecule has 0 radical (unpaired) electrons. The number of piperazine rings is 1. The fourth-order valence-corrected chi connectivity index (χ4v) is 2.80. The first-order valence-electron chi connectivity index (χ1n) is 8.12. The maximum atomic E-state index is 5.17. The molecule has 0 aromatic carbocycles. The van der Waals surface area contributed by atoms with Crippen molar-refractivity contribution in [1.29, 1.82) is 0 Å². The second kappa shape index (κ2) is 7.44. The fraction of sp³-hybridized carbons (Fsp3) is 0.471. The van der Waals surface area contributed by atoms with E-state index in [0.29, 0.717) is 5.88 Å². The summed E-state index contributed by atoms with van der Waals surface area (Å²) < 4.78 is 5.17. The highest BCUT2D eigenvalue weighted by Gasteiger charge is 2.20. The van der Waals surface area contributed by atoms with Crippen LogP contribution in [0.1, 0.15) is 5.56 Å². The third-order valence-electron chi connectivity index (χ3n) is 4.02. The largest absolute Gasteiger partial charge is 0.481 e. The van der Waals surface area contributed by atoms with Crippen molar-refractivity contribution in [2.45, 2.75) is 6.54 Å². The molecule has 0 aliphatic carbocycles. The summed E-state index contributed by atoms with van der Waals surface area (Å²) in [6.45, 7) is 4.46. The van der Waals surface area contributed by atoms with Crippen LogP contribution in [0.15, 0.2) is 30.6 Å². The van der Waals surface area contributed by atoms with Gasteiger partial charge in [-0.25, -0.2) is 9.97 Å². The minimum Gasteiger partial charge on any atom is -0.481 e. The fourth-order valence-electron chi connectivity index (χ4n) is 2.80. The van der Waals surface area contributed by atoms with Gasteiger partial charge in [-0.15, -0.1) is 0 Å². The molecule has 0 amide bonds. The van der Waals surface area contributed by atoms with Crippen molar-refractivity contribution >= 4 is 11.8 Å². The molecule has 7 heteroatoms. The number of hydrogen-bond donors (Lipinski definition) is 0. The van der Waals surface area contributed by atoms with Crippen LogP contribution in [-0.2, 0) is 6.54 Å². The van der Waals surface area contributed by atoms with Crippen molar-refractivity contribution in [3.8, 4) is 5.88 Å². The van der Waals surface area contributed by atoms with Gasteiger partial charge in [0, 0.05) is 51.2 Å². The quantitative estimate of drug-likeness (QED) is 0.819. The van der Waals surface area contributed by atoms with Gasteiger partial charge < -0.3 is 19.4 Å². The Hall–Kier alpha value is -2.41. The average molecular weight is 328 g/mol. The zero-order valence-corrected chi connectivity index (χ0v) is 14.5. The third kappa shape index (κ3) is 3.91. The number of nitrogens with zero attached hydrogens (tertiary/aromatic N) is 6. The normalized spacial score (nSPS) is 15.0. The van der Waals surface area contributed by atoms with E-state index in [9.17, 15) is 0 Å². The van der Waals surface area contributed by atoms with Gasteiger partial charge in [-0.2, -0.15) is 4.98 Å². The highest BCUT2D eigenvalue weighted by atomic mass is 16.5. The van der Waals surface area contributed by atoms with Gasteiger partial charge in [-0.3, -0.25) is 0 Å². The minimum atomic E-state index is 0.598. The van der Waals surface area contributed by atoms with E-state index in [-0.39, 0.29) is 0 Å². The van der Waals surface area contributed by atoms with Gasteiger partial charge >= 0.3 is 0 Å². The summed E-state index contributed by atoms with van der Waals surface area (Å²) in [6, 6.07) is 6.02. The number of aromatic nitrogens is 3. The van der Waals surface area contributed by atoms with Crippen LogP contribution >= 0.6 is 0 Å². The molecular weight excluding hydrogens is 304 g/mol. The highest BCUT2D eigenvalue weighted by Crippen LogP contribution is 2.18. The van der Waals surface area contributed by atoms with Gasteiger partial charge in [-0.1, -0.05) is 6.07 Å². The van der Waals surface area contributed by atoms with Crippen molar-refractivity contribution in [1.82, 2.24) is 19.9 Å². The van der Waals surface area contributed by atoms with Gasteiger partial charge in [0.2, 0.25) is 11.8 Å². The molecule has 0 spiro atoms. The van der Waals surface area contributed by atoms with Gasteiger partial charge in [-0.05, 0) is 25.7 Å². The Balaban J connectivity index is 1.60. The minimum absolute atomic E-state index is 0.598. The number of ether oxygens (including phenoxy) is 1. The summed E-state index contributed by atoms with van der Waals surface area (Å²) in [4.78, 5) is 20.0. The summed E-state index contributed by atoms with van der Waals surface area (Å²) in [6.07, 6.45) is 3.70. The zero-order chi connectivity index (χ0) is 16.9. The maximum absolute atomic E-state index is 5.17. The molecule has 24 heavy (non-hydrogen) atoms. The topological polar surface area (TPSA) is 57.6 Å². The standard InChI is InChI=1S/C17H24N6O/c1-21(2)13-14-4-5-15(19-12-14)22-8-10-23(11-9-22)17-18-7-6-16(20-17)24-3/h4-7,12H,8-11,13H2,1-3H3. The van der Waals surface area contributed by atoms with E-state index >= 15 is 0 Å². The predicted molar refractivity (Wildman–Crippen MR) is 94.6 cm³/mol. The Morgan fingerprint density at radius 1 is 1.04 bits per heavy atom. The summed E-state index contributed by atoms with van der Waals surface area (Å²) in [7, 11) is 5.75. The number of anilines is 2. The highest BCUT2D eigenvalue weighted by molar-refractivity contribution is 5.43. The van der Waals surface area contributed by atoms with E-state index < -0.39 is 0 Å². The molecule has 2 aromatic heterocycles. The van der Waals surface area contributed by atoms with Crippen LogP contribution in [0.3, 0.4) is 0 Å². The molecule has 2 aromatic rings. The Morgan fingerprint density at radius 3 is 2.42 bits per heavy atom. The lowest BCUT2D eigenvalue weighted by Crippen LogP contribution is -2.47. The van der Waals surface area contributed by atoms with Gasteiger partial charge in [0.25, 0.3) is 0 Å². The molecular formula is C17H24N6O. The van der Waals surface area contributed by atoms with Gasteiger partial charge in [0.15, 0.2) is 0 Å². The Labute approximate surface area is 142 Å². The van der Waals surface area contributed by atoms with Gasteiger partial charge in [0.05, 0.1) is 7.11 Å². The van der Waals surface area contributed by atoms with Crippen LogP contribution in [-0.4, -0.2) is 67.2 Å². The van der Waals surface area contributed by atoms with Crippen LogP contribution in [0.2, 0.25) is 0 Å². The van der Waals surface area contributed by atoms with E-state index in [4.69, 9.17) is 4.74 Å². The van der Waals surface area contributed by atoms with Crippen molar-refractivity contribution < 1.29 is 4.74 Å². The van der Waals surface area contributed by atoms with Crippen molar-refractivity contribution in [2.75, 3.05) is 57.2 Å². The molecule has 0 unspecified atom stereocenters. The lowest BCUT2D eigenvalue weighted by atomic mass is 10.2. The molecule has 1 saturated heterocycles. The van der Waals surface area contributed by atoms with E-state index in [1.54, 1.807) is 19.4 Å². The van der Waals surface area contributed by atoms with Crippen LogP contribution in [0.5, 0.6) is 5.88 Å². The molecule has 7 nitrogen and oxygen atoms in total. The predicted octanol–water partition coefficient (Wildman–Crippen LogP) is 1.27. The second-order valence-corrected chi connectivity index (χ2v) is 6.14. The molecule has 1 fully saturated rings.